The highest BCUT2D eigenvalue weighted by Crippen LogP contribution is 2.48. The number of anilines is 6. The number of benzene rings is 11. The van der Waals surface area contributed by atoms with Crippen LogP contribution < -0.4 is 26.2 Å². The summed E-state index contributed by atoms with van der Waals surface area (Å²) in [6.07, 6.45) is 0. The fourth-order valence-corrected chi connectivity index (χ4v) is 9.85. The molecule has 0 amide bonds. The smallest absolute Gasteiger partial charge is 0.252 e. The van der Waals surface area contributed by atoms with Gasteiger partial charge >= 0.3 is 0 Å². The molecule has 13 rings (SSSR count). The number of para-hydroxylation sites is 1. The molecule has 0 spiro atoms. The van der Waals surface area contributed by atoms with Gasteiger partial charge in [0, 0.05) is 34.1 Å². The molecular formula is C62H41BN2. The first kappa shape index (κ1) is 25.0. The Bertz CT molecular complexity index is 4430. The molecule has 2 heterocycles. The van der Waals surface area contributed by atoms with Crippen molar-refractivity contribution >= 4 is 78.8 Å². The minimum Gasteiger partial charge on any atom is -0.311 e. The summed E-state index contributed by atoms with van der Waals surface area (Å²) in [7, 11) is 0. The van der Waals surface area contributed by atoms with E-state index < -0.39 is 61.1 Å². The van der Waals surface area contributed by atoms with Crippen molar-refractivity contribution in [3.05, 3.63) is 248 Å². The van der Waals surface area contributed by atoms with E-state index in [1.807, 2.05) is 91.0 Å². The normalized spacial score (nSPS) is 15.8. The highest BCUT2D eigenvalue weighted by molar-refractivity contribution is 7.00. The van der Waals surface area contributed by atoms with Gasteiger partial charge in [-0.15, -0.1) is 0 Å². The minimum absolute atomic E-state index is 0.0130. The molecule has 0 unspecified atom stereocenters. The van der Waals surface area contributed by atoms with Crippen LogP contribution in [0.5, 0.6) is 0 Å². The molecule has 3 heteroatoms. The maximum Gasteiger partial charge on any atom is 0.252 e. The second-order valence-electron chi connectivity index (χ2n) is 16.2. The molecule has 0 fully saturated rings. The van der Waals surface area contributed by atoms with Gasteiger partial charge in [-0.25, -0.2) is 0 Å². The summed E-state index contributed by atoms with van der Waals surface area (Å²) in [5, 5.41) is 4.14. The van der Waals surface area contributed by atoms with Crippen molar-refractivity contribution in [2.75, 3.05) is 9.80 Å². The third-order valence-electron chi connectivity index (χ3n) is 12.7. The van der Waals surface area contributed by atoms with E-state index in [1.165, 1.54) is 0 Å². The van der Waals surface area contributed by atoms with Gasteiger partial charge in [-0.3, -0.25) is 0 Å². The highest BCUT2D eigenvalue weighted by atomic mass is 15.2. The molecule has 2 aliphatic rings. The van der Waals surface area contributed by atoms with Gasteiger partial charge in [0.15, 0.2) is 0 Å². The van der Waals surface area contributed by atoms with E-state index in [9.17, 15) is 0 Å². The fraction of sp³-hybridized carbons (Fsp3) is 0. The van der Waals surface area contributed by atoms with Crippen molar-refractivity contribution in [2.45, 2.75) is 0 Å². The molecule has 0 atom stereocenters. The van der Waals surface area contributed by atoms with Crippen LogP contribution in [0.2, 0.25) is 0 Å². The Morgan fingerprint density at radius 3 is 1.51 bits per heavy atom. The summed E-state index contributed by atoms with van der Waals surface area (Å²) in [4.78, 5) is 4.23. The molecule has 2 nitrogen and oxygen atoms in total. The van der Waals surface area contributed by atoms with Crippen molar-refractivity contribution in [3.63, 3.8) is 0 Å². The molecule has 0 saturated carbocycles. The second kappa shape index (κ2) is 15.2. The van der Waals surface area contributed by atoms with Crippen LogP contribution in [0.4, 0.5) is 34.1 Å². The lowest BCUT2D eigenvalue weighted by molar-refractivity contribution is 1.25. The maximum absolute atomic E-state index is 9.14. The van der Waals surface area contributed by atoms with Gasteiger partial charge in [0.25, 0.3) is 6.71 Å². The van der Waals surface area contributed by atoms with Crippen molar-refractivity contribution in [3.8, 4) is 44.5 Å². The summed E-state index contributed by atoms with van der Waals surface area (Å²) in [6.45, 7) is -0.646. The SMILES string of the molecule is [2H]c1c([2H])c([2H])c(-c2ccc(N3c4cc(-c5c([2H])c([2H])c([2H])c([2H])c5[2H])ccc4B4c5cc(-c6c([2H])c([2H])c([2H])c([2H])c6[2H])ccc5N(c5ccccc5)c5cc(-c6cc7ccccc7c7ccccc67)cc3c54)cc2)c([2H])c1[2H]. The third-order valence-corrected chi connectivity index (χ3v) is 12.7. The lowest BCUT2D eigenvalue weighted by Crippen LogP contribution is -2.61. The summed E-state index contributed by atoms with van der Waals surface area (Å²) < 4.78 is 131. The molecule has 0 aromatic heterocycles. The number of hydrogen-bond acceptors (Lipinski definition) is 2. The molecule has 302 valence electrons. The Labute approximate surface area is 401 Å². The van der Waals surface area contributed by atoms with E-state index in [0.717, 1.165) is 66.1 Å². The molecule has 0 radical (unpaired) electrons. The van der Waals surface area contributed by atoms with Crippen molar-refractivity contribution in [2.24, 2.45) is 0 Å². The summed E-state index contributed by atoms with van der Waals surface area (Å²) >= 11 is 0. The van der Waals surface area contributed by atoms with Crippen LogP contribution in [0, 0.1) is 0 Å². The van der Waals surface area contributed by atoms with Gasteiger partial charge in [-0.1, -0.05) is 194 Å². The van der Waals surface area contributed by atoms with Crippen LogP contribution in [0.3, 0.4) is 0 Å². The molecule has 0 N–H and O–H groups in total. The van der Waals surface area contributed by atoms with Gasteiger partial charge < -0.3 is 9.80 Å². The zero-order valence-electron chi connectivity index (χ0n) is 49.5. The van der Waals surface area contributed by atoms with E-state index in [-0.39, 0.29) is 52.9 Å². The Kier molecular flexibility index (Phi) is 5.84. The first-order valence-corrected chi connectivity index (χ1v) is 21.3. The molecule has 0 saturated heterocycles. The predicted molar refractivity (Wildman–Crippen MR) is 277 cm³/mol. The minimum atomic E-state index is -0.646. The van der Waals surface area contributed by atoms with E-state index in [4.69, 9.17) is 20.6 Å². The van der Waals surface area contributed by atoms with E-state index in [0.29, 0.717) is 33.8 Å². The first-order chi connectivity index (χ1) is 38.5. The molecule has 65 heavy (non-hydrogen) atoms. The average molecular weight is 840 g/mol. The van der Waals surface area contributed by atoms with Crippen LogP contribution in [0.1, 0.15) is 20.6 Å². The largest absolute Gasteiger partial charge is 0.311 e. The average Bonchev–Trinajstić information content (AvgIpc) is 3.52. The third kappa shape index (κ3) is 6.12. The summed E-state index contributed by atoms with van der Waals surface area (Å²) in [6, 6.07) is 44.3. The Balaban J connectivity index is 1.17. The van der Waals surface area contributed by atoms with Crippen LogP contribution in [-0.4, -0.2) is 6.71 Å². The van der Waals surface area contributed by atoms with Gasteiger partial charge in [0.05, 0.1) is 20.6 Å². The highest BCUT2D eigenvalue weighted by Gasteiger charge is 2.44. The van der Waals surface area contributed by atoms with Gasteiger partial charge in [-0.05, 0) is 137 Å². The lowest BCUT2D eigenvalue weighted by Gasteiger charge is -2.44. The van der Waals surface area contributed by atoms with Crippen molar-refractivity contribution < 1.29 is 20.6 Å². The van der Waals surface area contributed by atoms with Gasteiger partial charge in [-0.2, -0.15) is 0 Å². The van der Waals surface area contributed by atoms with Gasteiger partial charge in [0.2, 0.25) is 0 Å². The molecule has 0 bridgehead atoms. The zero-order valence-corrected chi connectivity index (χ0v) is 34.5. The summed E-state index contributed by atoms with van der Waals surface area (Å²) in [5.74, 6) is 0. The van der Waals surface area contributed by atoms with Crippen LogP contribution in [0.25, 0.3) is 66.1 Å². The molecular weight excluding hydrogens is 784 g/mol. The summed E-state index contributed by atoms with van der Waals surface area (Å²) in [5.41, 5.74) is 9.34. The van der Waals surface area contributed by atoms with E-state index in [1.54, 1.807) is 24.3 Å². The van der Waals surface area contributed by atoms with E-state index >= 15 is 0 Å². The Morgan fingerprint density at radius 2 is 0.831 bits per heavy atom. The first-order valence-electron chi connectivity index (χ1n) is 28.8. The zero-order chi connectivity index (χ0) is 55.9. The Morgan fingerprint density at radius 1 is 0.323 bits per heavy atom. The predicted octanol–water partition coefficient (Wildman–Crippen LogP) is 14.7. The molecule has 11 aromatic carbocycles. The topological polar surface area (TPSA) is 6.48 Å². The standard InChI is InChI=1S/C62H41BN2/c1-5-17-42(18-6-1)45-29-33-51(34-30-45)65-59-39-47(44-21-9-3-10-22-44)31-35-56(59)63-57-38-46(43-19-7-2-8-20-43)32-36-58(57)64(50-24-11-4-12-25-50)60-40-49(41-61(65)62(60)63)55-37-48-23-13-14-26-52(48)53-27-15-16-28-54(53)55/h1-41H/i1D,2D,3D,5D,6D,7D,8D,9D,10D,17D,18D,19D,20D,21D,22D. The van der Waals surface area contributed by atoms with Crippen LogP contribution in [0.15, 0.2) is 248 Å². The second-order valence-corrected chi connectivity index (χ2v) is 16.2. The quantitative estimate of drug-likeness (QED) is 0.122. The number of rotatable bonds is 6. The molecule has 11 aromatic rings. The lowest BCUT2D eigenvalue weighted by atomic mass is 9.33. The van der Waals surface area contributed by atoms with Gasteiger partial charge in [0.1, 0.15) is 0 Å². The van der Waals surface area contributed by atoms with Crippen molar-refractivity contribution in [1.82, 2.24) is 0 Å². The number of nitrogens with zero attached hydrogens (tertiary/aromatic N) is 2. The monoisotopic (exact) mass is 839 g/mol. The van der Waals surface area contributed by atoms with Crippen molar-refractivity contribution in [1.29, 1.82) is 0 Å². The van der Waals surface area contributed by atoms with Crippen LogP contribution in [-0.2, 0) is 0 Å². The van der Waals surface area contributed by atoms with Crippen LogP contribution >= 0.6 is 0 Å². The number of fused-ring (bicyclic) bond motifs is 7. The Hall–Kier alpha value is -8.40. The fourth-order valence-electron chi connectivity index (χ4n) is 9.85. The molecule has 2 aliphatic heterocycles. The molecule has 0 aliphatic carbocycles. The maximum atomic E-state index is 9.14. The number of hydrogen-bond donors (Lipinski definition) is 0. The van der Waals surface area contributed by atoms with E-state index in [2.05, 4.69) is 52.3 Å².